The normalized spacial score (nSPS) is 21.2. The molecule has 0 radical (unpaired) electrons. The van der Waals surface area contributed by atoms with Crippen molar-refractivity contribution in [1.29, 1.82) is 0 Å². The van der Waals surface area contributed by atoms with Crippen LogP contribution in [0.4, 0.5) is 18.9 Å². The van der Waals surface area contributed by atoms with Gasteiger partial charge in [-0.05, 0) is 24.6 Å². The van der Waals surface area contributed by atoms with Crippen LogP contribution in [-0.2, 0) is 15.8 Å². The number of halogens is 4. The first-order valence-corrected chi connectivity index (χ1v) is 5.61. The number of anilines is 1. The molecule has 2 rings (SSSR count). The first kappa shape index (κ1) is 13.2. The lowest BCUT2D eigenvalue weighted by Crippen LogP contribution is -2.42. The van der Waals surface area contributed by atoms with Crippen molar-refractivity contribution in [3.05, 3.63) is 29.8 Å². The molecule has 1 saturated heterocycles. The third-order valence-electron chi connectivity index (χ3n) is 2.47. The highest BCUT2D eigenvalue weighted by molar-refractivity contribution is 6.32. The first-order chi connectivity index (χ1) is 8.39. The SMILES string of the molecule is O=C1C(Cl)CCON1c1cccc(C(F)(F)F)c1. The molecule has 1 fully saturated rings. The van der Waals surface area contributed by atoms with Crippen molar-refractivity contribution in [2.75, 3.05) is 11.7 Å². The quantitative estimate of drug-likeness (QED) is 0.740. The van der Waals surface area contributed by atoms with E-state index >= 15 is 0 Å². The number of hydrogen-bond donors (Lipinski definition) is 0. The first-order valence-electron chi connectivity index (χ1n) is 5.18. The molecule has 0 bridgehead atoms. The zero-order valence-corrected chi connectivity index (χ0v) is 9.83. The molecule has 1 aliphatic heterocycles. The Morgan fingerprint density at radius 1 is 1.39 bits per heavy atom. The summed E-state index contributed by atoms with van der Waals surface area (Å²) in [6, 6.07) is 4.36. The van der Waals surface area contributed by atoms with Crippen LogP contribution in [0.2, 0.25) is 0 Å². The van der Waals surface area contributed by atoms with E-state index in [9.17, 15) is 18.0 Å². The lowest BCUT2D eigenvalue weighted by Gasteiger charge is -2.28. The van der Waals surface area contributed by atoms with Crippen molar-refractivity contribution in [1.82, 2.24) is 0 Å². The number of amides is 1. The lowest BCUT2D eigenvalue weighted by atomic mass is 10.2. The van der Waals surface area contributed by atoms with Gasteiger partial charge in [-0.3, -0.25) is 9.63 Å². The van der Waals surface area contributed by atoms with Crippen molar-refractivity contribution >= 4 is 23.2 Å². The molecular weight excluding hydrogens is 271 g/mol. The van der Waals surface area contributed by atoms with E-state index in [4.69, 9.17) is 16.4 Å². The fourth-order valence-electron chi connectivity index (χ4n) is 1.57. The van der Waals surface area contributed by atoms with Gasteiger partial charge in [-0.2, -0.15) is 18.2 Å². The fourth-order valence-corrected chi connectivity index (χ4v) is 1.75. The van der Waals surface area contributed by atoms with Crippen molar-refractivity contribution in [2.45, 2.75) is 18.0 Å². The summed E-state index contributed by atoms with van der Waals surface area (Å²) in [5, 5.41) is 0.0458. The predicted molar refractivity (Wildman–Crippen MR) is 59.1 cm³/mol. The van der Waals surface area contributed by atoms with Gasteiger partial charge < -0.3 is 0 Å². The second-order valence-corrected chi connectivity index (χ2v) is 4.30. The number of benzene rings is 1. The van der Waals surface area contributed by atoms with Crippen LogP contribution in [0.25, 0.3) is 0 Å². The molecule has 1 aromatic rings. The number of carbonyl (C=O) groups excluding carboxylic acids is 1. The number of hydroxylamine groups is 1. The molecule has 0 N–H and O–H groups in total. The van der Waals surface area contributed by atoms with Crippen molar-refractivity contribution in [2.24, 2.45) is 0 Å². The third-order valence-corrected chi connectivity index (χ3v) is 2.87. The van der Waals surface area contributed by atoms with Gasteiger partial charge >= 0.3 is 6.18 Å². The Labute approximate surface area is 106 Å². The Kier molecular flexibility index (Phi) is 3.49. The van der Waals surface area contributed by atoms with Crippen molar-refractivity contribution in [3.8, 4) is 0 Å². The van der Waals surface area contributed by atoms with E-state index in [2.05, 4.69) is 0 Å². The Hall–Kier alpha value is -1.27. The van der Waals surface area contributed by atoms with Crippen LogP contribution in [0.1, 0.15) is 12.0 Å². The van der Waals surface area contributed by atoms with Gasteiger partial charge in [0.2, 0.25) is 0 Å². The van der Waals surface area contributed by atoms with Crippen LogP contribution in [0.15, 0.2) is 24.3 Å². The third kappa shape index (κ3) is 2.59. The van der Waals surface area contributed by atoms with Gasteiger partial charge in [0.1, 0.15) is 5.38 Å². The molecule has 1 heterocycles. The second kappa shape index (κ2) is 4.78. The molecule has 0 saturated carbocycles. The molecule has 1 atom stereocenters. The Morgan fingerprint density at radius 3 is 2.78 bits per heavy atom. The average Bonchev–Trinajstić information content (AvgIpc) is 2.32. The van der Waals surface area contributed by atoms with Gasteiger partial charge in [0.25, 0.3) is 5.91 Å². The van der Waals surface area contributed by atoms with E-state index in [1.807, 2.05) is 0 Å². The molecule has 0 aromatic heterocycles. The maximum absolute atomic E-state index is 12.5. The Bertz CT molecular complexity index is 464. The Morgan fingerprint density at radius 2 is 2.11 bits per heavy atom. The molecule has 1 aromatic carbocycles. The molecule has 98 valence electrons. The van der Waals surface area contributed by atoms with Gasteiger partial charge in [0.15, 0.2) is 0 Å². The van der Waals surface area contributed by atoms with Gasteiger partial charge in [0.05, 0.1) is 17.9 Å². The standard InChI is InChI=1S/C11H9ClF3NO2/c12-9-4-5-18-16(10(9)17)8-3-1-2-7(6-8)11(13,14)15/h1-3,6,9H,4-5H2. The molecule has 0 spiro atoms. The lowest BCUT2D eigenvalue weighted by molar-refractivity contribution is -0.138. The Balaban J connectivity index is 2.31. The summed E-state index contributed by atoms with van der Waals surface area (Å²) in [5.41, 5.74) is -0.812. The summed E-state index contributed by atoms with van der Waals surface area (Å²) in [5.74, 6) is -0.553. The smallest absolute Gasteiger partial charge is 0.270 e. The highest BCUT2D eigenvalue weighted by Crippen LogP contribution is 2.32. The zero-order chi connectivity index (χ0) is 13.3. The fraction of sp³-hybridized carbons (Fsp3) is 0.364. The van der Waals surface area contributed by atoms with E-state index in [1.165, 1.54) is 12.1 Å². The van der Waals surface area contributed by atoms with Gasteiger partial charge in [-0.15, -0.1) is 11.6 Å². The molecule has 3 nitrogen and oxygen atoms in total. The van der Waals surface area contributed by atoms with Crippen LogP contribution in [0, 0.1) is 0 Å². The minimum atomic E-state index is -4.46. The largest absolute Gasteiger partial charge is 0.416 e. The summed E-state index contributed by atoms with van der Waals surface area (Å²) >= 11 is 5.75. The number of nitrogens with zero attached hydrogens (tertiary/aromatic N) is 1. The molecule has 1 aliphatic rings. The maximum atomic E-state index is 12.5. The summed E-state index contributed by atoms with van der Waals surface area (Å²) in [6.07, 6.45) is -4.12. The molecule has 1 unspecified atom stereocenters. The van der Waals surface area contributed by atoms with Crippen LogP contribution in [0.5, 0.6) is 0 Å². The van der Waals surface area contributed by atoms with Crippen LogP contribution in [0.3, 0.4) is 0 Å². The summed E-state index contributed by atoms with van der Waals surface area (Å²) in [4.78, 5) is 16.7. The topological polar surface area (TPSA) is 29.5 Å². The van der Waals surface area contributed by atoms with Crippen LogP contribution in [-0.4, -0.2) is 17.9 Å². The number of hydrogen-bond acceptors (Lipinski definition) is 2. The van der Waals surface area contributed by atoms with Crippen molar-refractivity contribution < 1.29 is 22.8 Å². The van der Waals surface area contributed by atoms with E-state index in [0.29, 0.717) is 6.42 Å². The number of carbonyl (C=O) groups is 1. The monoisotopic (exact) mass is 279 g/mol. The zero-order valence-electron chi connectivity index (χ0n) is 9.08. The minimum absolute atomic E-state index is 0.0279. The van der Waals surface area contributed by atoms with Gasteiger partial charge in [-0.25, -0.2) is 0 Å². The van der Waals surface area contributed by atoms with E-state index in [0.717, 1.165) is 17.2 Å². The van der Waals surface area contributed by atoms with Gasteiger partial charge in [-0.1, -0.05) is 6.07 Å². The molecule has 0 aliphatic carbocycles. The van der Waals surface area contributed by atoms with E-state index < -0.39 is 23.0 Å². The highest BCUT2D eigenvalue weighted by atomic mass is 35.5. The number of alkyl halides is 4. The number of rotatable bonds is 1. The van der Waals surface area contributed by atoms with Crippen LogP contribution < -0.4 is 5.06 Å². The average molecular weight is 280 g/mol. The molecule has 1 amide bonds. The highest BCUT2D eigenvalue weighted by Gasteiger charge is 2.33. The summed E-state index contributed by atoms with van der Waals surface area (Å²) in [6.45, 7) is 0.191. The predicted octanol–water partition coefficient (Wildman–Crippen LogP) is 2.98. The molecular formula is C11H9ClF3NO2. The summed E-state index contributed by atoms with van der Waals surface area (Å²) < 4.78 is 37.6. The second-order valence-electron chi connectivity index (χ2n) is 3.77. The molecule has 18 heavy (non-hydrogen) atoms. The minimum Gasteiger partial charge on any atom is -0.270 e. The van der Waals surface area contributed by atoms with Crippen LogP contribution >= 0.6 is 11.6 Å². The summed E-state index contributed by atoms with van der Waals surface area (Å²) in [7, 11) is 0. The van der Waals surface area contributed by atoms with Crippen molar-refractivity contribution in [3.63, 3.8) is 0 Å². The molecule has 7 heteroatoms. The van der Waals surface area contributed by atoms with Gasteiger partial charge in [0, 0.05) is 0 Å². The van der Waals surface area contributed by atoms with E-state index in [-0.39, 0.29) is 12.3 Å². The maximum Gasteiger partial charge on any atom is 0.416 e. The van der Waals surface area contributed by atoms with E-state index in [1.54, 1.807) is 0 Å².